The first-order valence-corrected chi connectivity index (χ1v) is 9.35. The number of aromatic nitrogens is 1. The van der Waals surface area contributed by atoms with E-state index in [9.17, 15) is 4.79 Å². The van der Waals surface area contributed by atoms with Gasteiger partial charge in [-0.3, -0.25) is 9.69 Å². The highest BCUT2D eigenvalue weighted by Crippen LogP contribution is 2.31. The Bertz CT molecular complexity index is 755. The Hall–Kier alpha value is -1.91. The summed E-state index contributed by atoms with van der Waals surface area (Å²) in [6.45, 7) is 7.71. The van der Waals surface area contributed by atoms with Gasteiger partial charge in [0.25, 0.3) is 0 Å². The van der Waals surface area contributed by atoms with Crippen LogP contribution in [-0.4, -0.2) is 48.1 Å². The maximum atomic E-state index is 12.4. The van der Waals surface area contributed by atoms with Crippen LogP contribution >= 0.6 is 0 Å². The Labute approximate surface area is 149 Å². The number of hydrogen-bond donors (Lipinski definition) is 0. The van der Waals surface area contributed by atoms with Crippen molar-refractivity contribution >= 4 is 5.78 Å². The molecule has 0 radical (unpaired) electrons. The number of hydrogen-bond acceptors (Lipinski definition) is 3. The van der Waals surface area contributed by atoms with Crippen LogP contribution in [0.4, 0.5) is 0 Å². The second kappa shape index (κ2) is 7.14. The minimum atomic E-state index is 0.305. The summed E-state index contributed by atoms with van der Waals surface area (Å²) in [4.78, 5) is 14.9. The van der Waals surface area contributed by atoms with E-state index in [0.717, 1.165) is 57.8 Å². The van der Waals surface area contributed by atoms with E-state index in [4.69, 9.17) is 4.74 Å². The minimum absolute atomic E-state index is 0.305. The van der Waals surface area contributed by atoms with E-state index in [1.165, 1.54) is 22.5 Å². The lowest BCUT2D eigenvalue weighted by molar-refractivity contribution is 0.0363. The van der Waals surface area contributed by atoms with Crippen molar-refractivity contribution in [2.24, 2.45) is 0 Å². The van der Waals surface area contributed by atoms with E-state index >= 15 is 0 Å². The fraction of sp³-hybridized carbons (Fsp3) is 0.476. The fourth-order valence-electron chi connectivity index (χ4n) is 3.94. The van der Waals surface area contributed by atoms with Gasteiger partial charge in [-0.2, -0.15) is 0 Å². The van der Waals surface area contributed by atoms with Crippen LogP contribution in [0.3, 0.4) is 0 Å². The van der Waals surface area contributed by atoms with Gasteiger partial charge >= 0.3 is 0 Å². The first kappa shape index (κ1) is 16.6. The molecule has 132 valence electrons. The predicted molar refractivity (Wildman–Crippen MR) is 99.1 cm³/mol. The monoisotopic (exact) mass is 338 g/mol. The molecule has 25 heavy (non-hydrogen) atoms. The zero-order valence-corrected chi connectivity index (χ0v) is 15.0. The predicted octanol–water partition coefficient (Wildman–Crippen LogP) is 3.31. The Balaban J connectivity index is 1.67. The lowest BCUT2D eigenvalue weighted by atomic mass is 9.96. The van der Waals surface area contributed by atoms with Crippen LogP contribution in [0, 0.1) is 6.92 Å². The third-order valence-electron chi connectivity index (χ3n) is 5.42. The molecule has 0 spiro atoms. The molecule has 0 N–H and O–H groups in total. The van der Waals surface area contributed by atoms with Crippen molar-refractivity contribution in [3.8, 4) is 11.3 Å². The summed E-state index contributed by atoms with van der Waals surface area (Å²) in [6, 6.07) is 10.8. The fourth-order valence-corrected chi connectivity index (χ4v) is 3.94. The molecule has 0 saturated carbocycles. The van der Waals surface area contributed by atoms with Gasteiger partial charge in [-0.05, 0) is 31.4 Å². The number of ether oxygens (including phenoxy) is 1. The van der Waals surface area contributed by atoms with Crippen molar-refractivity contribution in [1.29, 1.82) is 0 Å². The van der Waals surface area contributed by atoms with Crippen molar-refractivity contribution < 1.29 is 9.53 Å². The van der Waals surface area contributed by atoms with Gasteiger partial charge in [0.1, 0.15) is 0 Å². The highest BCUT2D eigenvalue weighted by atomic mass is 16.5. The molecule has 0 atom stereocenters. The summed E-state index contributed by atoms with van der Waals surface area (Å²) < 4.78 is 7.85. The summed E-state index contributed by atoms with van der Waals surface area (Å²) in [7, 11) is 0. The summed E-state index contributed by atoms with van der Waals surface area (Å²) in [5.74, 6) is 0.305. The van der Waals surface area contributed by atoms with Crippen LogP contribution in [0.15, 0.2) is 30.3 Å². The third-order valence-corrected chi connectivity index (χ3v) is 5.42. The number of morpholine rings is 1. The molecule has 1 fully saturated rings. The van der Waals surface area contributed by atoms with Crippen molar-refractivity contribution in [3.05, 3.63) is 47.2 Å². The van der Waals surface area contributed by atoms with Crippen molar-refractivity contribution in [2.75, 3.05) is 32.8 Å². The average molecular weight is 338 g/mol. The van der Waals surface area contributed by atoms with E-state index in [0.29, 0.717) is 12.2 Å². The van der Waals surface area contributed by atoms with Crippen LogP contribution in [0.2, 0.25) is 0 Å². The molecule has 2 aromatic rings. The van der Waals surface area contributed by atoms with E-state index in [-0.39, 0.29) is 0 Å². The van der Waals surface area contributed by atoms with E-state index in [2.05, 4.69) is 46.7 Å². The first-order valence-electron chi connectivity index (χ1n) is 9.35. The Kier molecular flexibility index (Phi) is 4.73. The molecule has 0 bridgehead atoms. The average Bonchev–Trinajstić information content (AvgIpc) is 3.01. The van der Waals surface area contributed by atoms with Crippen molar-refractivity contribution in [3.63, 3.8) is 0 Å². The number of benzene rings is 1. The van der Waals surface area contributed by atoms with Gasteiger partial charge in [0.2, 0.25) is 0 Å². The Morgan fingerprint density at radius 3 is 2.56 bits per heavy atom. The number of nitrogens with zero attached hydrogens (tertiary/aromatic N) is 2. The molecule has 4 nitrogen and oxygen atoms in total. The molecule has 0 amide bonds. The molecular formula is C21H26N2O2. The molecule has 1 saturated heterocycles. The van der Waals surface area contributed by atoms with E-state index in [1.54, 1.807) is 0 Å². The second-order valence-electron chi connectivity index (χ2n) is 7.14. The Morgan fingerprint density at radius 2 is 1.80 bits per heavy atom. The largest absolute Gasteiger partial charge is 0.379 e. The quantitative estimate of drug-likeness (QED) is 0.858. The lowest BCUT2D eigenvalue weighted by Crippen LogP contribution is -2.38. The highest BCUT2D eigenvalue weighted by Gasteiger charge is 2.24. The molecule has 2 heterocycles. The van der Waals surface area contributed by atoms with Crippen LogP contribution in [0.5, 0.6) is 0 Å². The van der Waals surface area contributed by atoms with Gasteiger partial charge in [0.05, 0.1) is 13.2 Å². The van der Waals surface area contributed by atoms with Gasteiger partial charge in [-0.15, -0.1) is 0 Å². The van der Waals surface area contributed by atoms with Crippen molar-refractivity contribution in [2.45, 2.75) is 32.7 Å². The van der Waals surface area contributed by atoms with E-state index in [1.807, 2.05) is 0 Å². The number of aryl methyl sites for hydroxylation is 1. The normalized spacial score (nSPS) is 18.4. The standard InChI is InChI=1S/C21H26N2O2/c1-16-5-7-17(8-6-16)20-15-18-19(3-2-4-21(18)24)23(20)10-9-22-11-13-25-14-12-22/h5-8,15H,2-4,9-14H2,1H3. The number of Topliss-reactive ketones (excluding diaryl/α,β-unsaturated/α-hetero) is 1. The molecule has 2 aliphatic rings. The maximum absolute atomic E-state index is 12.4. The van der Waals surface area contributed by atoms with E-state index < -0.39 is 0 Å². The lowest BCUT2D eigenvalue weighted by Gasteiger charge is -2.27. The van der Waals surface area contributed by atoms with Gasteiger partial charge in [0.15, 0.2) is 5.78 Å². The molecule has 4 heteroatoms. The number of rotatable bonds is 4. The topological polar surface area (TPSA) is 34.5 Å². The maximum Gasteiger partial charge on any atom is 0.164 e. The number of carbonyl (C=O) groups excluding carboxylic acids is 1. The van der Waals surface area contributed by atoms with Gasteiger partial charge in [-0.1, -0.05) is 29.8 Å². The van der Waals surface area contributed by atoms with Gasteiger partial charge in [0, 0.05) is 49.6 Å². The number of fused-ring (bicyclic) bond motifs is 1. The molecule has 4 rings (SSSR count). The van der Waals surface area contributed by atoms with Crippen LogP contribution in [0.25, 0.3) is 11.3 Å². The zero-order valence-electron chi connectivity index (χ0n) is 15.0. The molecule has 1 aromatic carbocycles. The van der Waals surface area contributed by atoms with Gasteiger partial charge < -0.3 is 9.30 Å². The Morgan fingerprint density at radius 1 is 1.04 bits per heavy atom. The van der Waals surface area contributed by atoms with Crippen molar-refractivity contribution in [1.82, 2.24) is 9.47 Å². The number of ketones is 1. The molecule has 1 aliphatic carbocycles. The third kappa shape index (κ3) is 3.42. The summed E-state index contributed by atoms with van der Waals surface area (Å²) >= 11 is 0. The summed E-state index contributed by atoms with van der Waals surface area (Å²) in [5.41, 5.74) is 5.84. The minimum Gasteiger partial charge on any atom is -0.379 e. The zero-order chi connectivity index (χ0) is 17.2. The highest BCUT2D eigenvalue weighted by molar-refractivity contribution is 5.99. The van der Waals surface area contributed by atoms with Crippen LogP contribution < -0.4 is 0 Å². The SMILES string of the molecule is Cc1ccc(-c2cc3c(n2CCN2CCOCC2)CCCC3=O)cc1. The molecular weight excluding hydrogens is 312 g/mol. The summed E-state index contributed by atoms with van der Waals surface area (Å²) in [6.07, 6.45) is 2.67. The second-order valence-corrected chi connectivity index (χ2v) is 7.14. The smallest absolute Gasteiger partial charge is 0.164 e. The number of carbonyl (C=O) groups is 1. The molecule has 1 aliphatic heterocycles. The summed E-state index contributed by atoms with van der Waals surface area (Å²) in [5, 5.41) is 0. The molecule has 1 aromatic heterocycles. The van der Waals surface area contributed by atoms with Crippen LogP contribution in [-0.2, 0) is 17.7 Å². The molecule has 0 unspecified atom stereocenters. The first-order chi connectivity index (χ1) is 12.2. The van der Waals surface area contributed by atoms with Gasteiger partial charge in [-0.25, -0.2) is 0 Å². The van der Waals surface area contributed by atoms with Crippen LogP contribution in [0.1, 0.15) is 34.5 Å².